The lowest BCUT2D eigenvalue weighted by Gasteiger charge is -2.09. The molecule has 1 atom stereocenters. The second kappa shape index (κ2) is 5.53. The van der Waals surface area contributed by atoms with E-state index in [0.717, 1.165) is 15.9 Å². The predicted molar refractivity (Wildman–Crippen MR) is 78.8 cm³/mol. The third kappa shape index (κ3) is 3.32. The highest BCUT2D eigenvalue weighted by atomic mass is 79.9. The molecule has 1 nitrogen and oxygen atoms in total. The van der Waals surface area contributed by atoms with Crippen molar-refractivity contribution in [2.45, 2.75) is 19.4 Å². The van der Waals surface area contributed by atoms with Crippen LogP contribution in [-0.4, -0.2) is 0 Å². The van der Waals surface area contributed by atoms with E-state index in [1.165, 1.54) is 15.3 Å². The number of aryl methyl sites for hydroxylation is 1. The molecule has 2 aromatic rings. The van der Waals surface area contributed by atoms with Crippen LogP contribution in [-0.2, 0) is 6.42 Å². The maximum atomic E-state index is 6.21. The molecule has 1 unspecified atom stereocenters. The first-order valence-electron chi connectivity index (χ1n) is 5.32. The Morgan fingerprint density at radius 2 is 2.18 bits per heavy atom. The second-order valence-corrected chi connectivity index (χ2v) is 6.57. The van der Waals surface area contributed by atoms with Crippen molar-refractivity contribution < 1.29 is 0 Å². The van der Waals surface area contributed by atoms with Crippen molar-refractivity contribution in [3.63, 3.8) is 0 Å². The van der Waals surface area contributed by atoms with E-state index >= 15 is 0 Å². The van der Waals surface area contributed by atoms with Crippen LogP contribution in [0.5, 0.6) is 0 Å². The first-order chi connectivity index (χ1) is 8.06. The van der Waals surface area contributed by atoms with E-state index in [1.54, 1.807) is 11.3 Å². The van der Waals surface area contributed by atoms with Crippen LogP contribution < -0.4 is 5.73 Å². The van der Waals surface area contributed by atoms with Gasteiger partial charge in [0.15, 0.2) is 0 Å². The van der Waals surface area contributed by atoms with E-state index in [-0.39, 0.29) is 6.04 Å². The topological polar surface area (TPSA) is 26.0 Å². The summed E-state index contributed by atoms with van der Waals surface area (Å²) in [5.74, 6) is 0. The molecule has 2 rings (SSSR count). The van der Waals surface area contributed by atoms with Gasteiger partial charge in [0.05, 0.1) is 0 Å². The Kier molecular flexibility index (Phi) is 4.26. The molecule has 1 heterocycles. The van der Waals surface area contributed by atoms with E-state index in [1.807, 2.05) is 18.2 Å². The molecule has 0 saturated carbocycles. The molecule has 0 amide bonds. The molecule has 2 N–H and O–H groups in total. The zero-order valence-corrected chi connectivity index (χ0v) is 12.6. The van der Waals surface area contributed by atoms with Gasteiger partial charge in [-0.25, -0.2) is 0 Å². The third-order valence-electron chi connectivity index (χ3n) is 2.59. The van der Waals surface area contributed by atoms with Crippen molar-refractivity contribution in [1.82, 2.24) is 0 Å². The fourth-order valence-electron chi connectivity index (χ4n) is 1.68. The van der Waals surface area contributed by atoms with Crippen LogP contribution in [0.1, 0.15) is 21.4 Å². The molecule has 0 fully saturated rings. The fraction of sp³-hybridized carbons (Fsp3) is 0.231. The van der Waals surface area contributed by atoms with E-state index in [0.29, 0.717) is 0 Å². The zero-order chi connectivity index (χ0) is 12.4. The fourth-order valence-corrected chi connectivity index (χ4v) is 3.46. The Balaban J connectivity index is 2.14. The summed E-state index contributed by atoms with van der Waals surface area (Å²) in [5, 5.41) is 0.762. The van der Waals surface area contributed by atoms with Gasteiger partial charge in [0.1, 0.15) is 0 Å². The average Bonchev–Trinajstić information content (AvgIpc) is 2.59. The Bertz CT molecular complexity index is 504. The van der Waals surface area contributed by atoms with E-state index in [2.05, 4.69) is 35.0 Å². The second-order valence-electron chi connectivity index (χ2n) is 3.99. The van der Waals surface area contributed by atoms with Crippen LogP contribution >= 0.6 is 38.9 Å². The smallest absolute Gasteiger partial charge is 0.0431 e. The summed E-state index contributed by atoms with van der Waals surface area (Å²) in [6, 6.07) is 10.00. The number of hydrogen-bond acceptors (Lipinski definition) is 2. The molecule has 0 saturated heterocycles. The molecule has 17 heavy (non-hydrogen) atoms. The van der Waals surface area contributed by atoms with Gasteiger partial charge in [-0.2, -0.15) is 0 Å². The molecule has 90 valence electrons. The van der Waals surface area contributed by atoms with E-state index in [4.69, 9.17) is 17.3 Å². The van der Waals surface area contributed by atoms with Gasteiger partial charge in [-0.3, -0.25) is 0 Å². The first-order valence-corrected chi connectivity index (χ1v) is 7.31. The summed E-state index contributed by atoms with van der Waals surface area (Å²) >= 11 is 11.2. The van der Waals surface area contributed by atoms with Gasteiger partial charge in [0, 0.05) is 25.3 Å². The van der Waals surface area contributed by atoms with Crippen molar-refractivity contribution in [2.24, 2.45) is 5.73 Å². The minimum Gasteiger partial charge on any atom is -0.323 e. The monoisotopic (exact) mass is 329 g/mol. The van der Waals surface area contributed by atoms with Gasteiger partial charge < -0.3 is 5.73 Å². The van der Waals surface area contributed by atoms with Gasteiger partial charge >= 0.3 is 0 Å². The van der Waals surface area contributed by atoms with Crippen LogP contribution in [0.2, 0.25) is 5.02 Å². The lowest BCUT2D eigenvalue weighted by atomic mass is 10.1. The SMILES string of the molecule is Cc1sc(C(N)Cc2cccc(Cl)c2)cc1Br. The number of thiophene rings is 1. The Labute approximate surface area is 119 Å². The van der Waals surface area contributed by atoms with Crippen LogP contribution in [0.25, 0.3) is 0 Å². The van der Waals surface area contributed by atoms with Gasteiger partial charge in [-0.15, -0.1) is 11.3 Å². The number of nitrogens with two attached hydrogens (primary N) is 1. The molecule has 1 aromatic heterocycles. The number of halogens is 2. The maximum absolute atomic E-state index is 6.21. The van der Waals surface area contributed by atoms with Gasteiger partial charge in [-0.05, 0) is 53.0 Å². The van der Waals surface area contributed by atoms with Crippen LogP contribution in [0, 0.1) is 6.92 Å². The Morgan fingerprint density at radius 1 is 1.41 bits per heavy atom. The van der Waals surface area contributed by atoms with Crippen molar-refractivity contribution in [2.75, 3.05) is 0 Å². The normalized spacial score (nSPS) is 12.7. The van der Waals surface area contributed by atoms with Crippen LogP contribution in [0.4, 0.5) is 0 Å². The molecule has 0 aliphatic carbocycles. The molecule has 0 spiro atoms. The lowest BCUT2D eigenvalue weighted by Crippen LogP contribution is -2.11. The molecular formula is C13H13BrClNS. The van der Waals surface area contributed by atoms with Crippen LogP contribution in [0.3, 0.4) is 0 Å². The highest BCUT2D eigenvalue weighted by Crippen LogP contribution is 2.31. The lowest BCUT2D eigenvalue weighted by molar-refractivity contribution is 0.736. The molecule has 0 aliphatic rings. The highest BCUT2D eigenvalue weighted by molar-refractivity contribution is 9.10. The van der Waals surface area contributed by atoms with E-state index in [9.17, 15) is 0 Å². The van der Waals surface area contributed by atoms with Gasteiger partial charge in [-0.1, -0.05) is 23.7 Å². The molecule has 4 heteroatoms. The number of rotatable bonds is 3. The summed E-state index contributed by atoms with van der Waals surface area (Å²) < 4.78 is 1.14. The van der Waals surface area contributed by atoms with Crippen molar-refractivity contribution in [1.29, 1.82) is 0 Å². The van der Waals surface area contributed by atoms with Crippen molar-refractivity contribution in [3.8, 4) is 0 Å². The molecule has 0 bridgehead atoms. The summed E-state index contributed by atoms with van der Waals surface area (Å²) in [6.45, 7) is 2.09. The minimum absolute atomic E-state index is 0.0310. The first kappa shape index (κ1) is 13.1. The largest absolute Gasteiger partial charge is 0.323 e. The summed E-state index contributed by atoms with van der Waals surface area (Å²) in [6.07, 6.45) is 0.812. The Morgan fingerprint density at radius 3 is 2.76 bits per heavy atom. The van der Waals surface area contributed by atoms with E-state index < -0.39 is 0 Å². The average molecular weight is 331 g/mol. The van der Waals surface area contributed by atoms with Crippen LogP contribution in [0.15, 0.2) is 34.8 Å². The summed E-state index contributed by atoms with van der Waals surface area (Å²) in [7, 11) is 0. The number of benzene rings is 1. The molecule has 0 aliphatic heterocycles. The van der Waals surface area contributed by atoms with Gasteiger partial charge in [0.25, 0.3) is 0 Å². The minimum atomic E-state index is 0.0310. The molecule has 0 radical (unpaired) electrons. The van der Waals surface area contributed by atoms with Crippen molar-refractivity contribution >= 4 is 38.9 Å². The standard InChI is InChI=1S/C13H13BrClNS/c1-8-11(14)7-13(17-8)12(16)6-9-3-2-4-10(15)5-9/h2-5,7,12H,6,16H2,1H3. The quantitative estimate of drug-likeness (QED) is 0.866. The molecular weight excluding hydrogens is 318 g/mol. The Hall–Kier alpha value is -0.350. The summed E-state index contributed by atoms with van der Waals surface area (Å²) in [4.78, 5) is 2.47. The highest BCUT2D eigenvalue weighted by Gasteiger charge is 2.11. The van der Waals surface area contributed by atoms with Crippen molar-refractivity contribution in [3.05, 3.63) is 55.1 Å². The maximum Gasteiger partial charge on any atom is 0.0431 e. The zero-order valence-electron chi connectivity index (χ0n) is 9.41. The third-order valence-corrected chi connectivity index (χ3v) is 5.09. The predicted octanol–water partition coefficient (Wildman–Crippen LogP) is 4.71. The van der Waals surface area contributed by atoms with Gasteiger partial charge in [0.2, 0.25) is 0 Å². The molecule has 1 aromatic carbocycles. The number of hydrogen-bond donors (Lipinski definition) is 1. The summed E-state index contributed by atoms with van der Waals surface area (Å²) in [5.41, 5.74) is 7.38.